The van der Waals surface area contributed by atoms with Crippen LogP contribution in [0.2, 0.25) is 0 Å². The number of nitrogen functional groups attached to an aromatic ring is 1. The second kappa shape index (κ2) is 7.84. The third kappa shape index (κ3) is 4.95. The van der Waals surface area contributed by atoms with E-state index < -0.39 is 0 Å². The molecule has 0 bridgehead atoms. The van der Waals surface area contributed by atoms with Crippen molar-refractivity contribution in [3.05, 3.63) is 12.1 Å². The van der Waals surface area contributed by atoms with Gasteiger partial charge in [0.2, 0.25) is 5.88 Å². The molecular weight excluding hydrogens is 242 g/mol. The second-order valence-corrected chi connectivity index (χ2v) is 4.51. The maximum absolute atomic E-state index is 5.87. The Balaban J connectivity index is 2.79. The number of hydrogen-bond acceptors (Lipinski definition) is 5. The predicted molar refractivity (Wildman–Crippen MR) is 78.8 cm³/mol. The van der Waals surface area contributed by atoms with Crippen LogP contribution >= 0.6 is 0 Å². The van der Waals surface area contributed by atoms with E-state index in [0.29, 0.717) is 18.2 Å². The third-order valence-corrected chi connectivity index (χ3v) is 2.64. The summed E-state index contributed by atoms with van der Waals surface area (Å²) in [5.41, 5.74) is 6.44. The van der Waals surface area contributed by atoms with E-state index >= 15 is 0 Å². The van der Waals surface area contributed by atoms with Gasteiger partial charge in [0.15, 0.2) is 0 Å². The van der Waals surface area contributed by atoms with Crippen molar-refractivity contribution in [2.75, 3.05) is 36.9 Å². The topological polar surface area (TPSA) is 60.6 Å². The number of anilines is 2. The van der Waals surface area contributed by atoms with Gasteiger partial charge in [0.05, 0.1) is 18.4 Å². The van der Waals surface area contributed by atoms with Gasteiger partial charge in [-0.1, -0.05) is 0 Å². The van der Waals surface area contributed by atoms with Gasteiger partial charge >= 0.3 is 0 Å². The fourth-order valence-corrected chi connectivity index (χ4v) is 1.69. The third-order valence-electron chi connectivity index (χ3n) is 2.64. The van der Waals surface area contributed by atoms with Gasteiger partial charge in [-0.15, -0.1) is 0 Å². The van der Waals surface area contributed by atoms with Crippen LogP contribution in [-0.4, -0.2) is 37.4 Å². The summed E-state index contributed by atoms with van der Waals surface area (Å²) in [4.78, 5) is 6.63. The van der Waals surface area contributed by atoms with Crippen molar-refractivity contribution in [3.8, 4) is 5.88 Å². The van der Waals surface area contributed by atoms with Crippen molar-refractivity contribution >= 4 is 11.5 Å². The van der Waals surface area contributed by atoms with Crippen molar-refractivity contribution in [1.29, 1.82) is 0 Å². The van der Waals surface area contributed by atoms with Crippen LogP contribution in [0.1, 0.15) is 27.7 Å². The molecule has 0 aliphatic rings. The summed E-state index contributed by atoms with van der Waals surface area (Å²) in [7, 11) is 0. The van der Waals surface area contributed by atoms with E-state index in [1.54, 1.807) is 0 Å². The van der Waals surface area contributed by atoms with Crippen LogP contribution in [0.4, 0.5) is 11.5 Å². The summed E-state index contributed by atoms with van der Waals surface area (Å²) in [5, 5.41) is 0. The molecule has 0 fully saturated rings. The summed E-state index contributed by atoms with van der Waals surface area (Å²) >= 11 is 0. The van der Waals surface area contributed by atoms with Crippen molar-refractivity contribution in [2.45, 2.75) is 33.8 Å². The molecule has 0 atom stereocenters. The first kappa shape index (κ1) is 15.6. The first-order valence-corrected chi connectivity index (χ1v) is 6.84. The lowest BCUT2D eigenvalue weighted by atomic mass is 10.3. The lowest BCUT2D eigenvalue weighted by Crippen LogP contribution is -2.28. The molecule has 0 aliphatic heterocycles. The molecule has 0 aromatic carbocycles. The van der Waals surface area contributed by atoms with Crippen LogP contribution in [0, 0.1) is 0 Å². The normalized spacial score (nSPS) is 10.8. The molecular formula is C14H25N3O2. The Hall–Kier alpha value is -1.49. The largest absolute Gasteiger partial charge is 0.473 e. The van der Waals surface area contributed by atoms with Crippen LogP contribution < -0.4 is 15.4 Å². The minimum Gasteiger partial charge on any atom is -0.473 e. The zero-order valence-electron chi connectivity index (χ0n) is 12.3. The number of rotatable bonds is 8. The second-order valence-electron chi connectivity index (χ2n) is 4.51. The molecule has 19 heavy (non-hydrogen) atoms. The van der Waals surface area contributed by atoms with Crippen LogP contribution in [0.5, 0.6) is 5.88 Å². The van der Waals surface area contributed by atoms with Gasteiger partial charge in [0, 0.05) is 19.7 Å². The minimum atomic E-state index is 0.0588. The molecule has 0 saturated heterocycles. The lowest BCUT2D eigenvalue weighted by molar-refractivity contribution is 0.154. The van der Waals surface area contributed by atoms with Gasteiger partial charge in [-0.2, -0.15) is 4.98 Å². The fourth-order valence-electron chi connectivity index (χ4n) is 1.69. The van der Waals surface area contributed by atoms with Crippen molar-refractivity contribution in [3.63, 3.8) is 0 Å². The highest BCUT2D eigenvalue weighted by molar-refractivity contribution is 5.54. The Labute approximate surface area is 115 Å². The molecule has 1 aromatic heterocycles. The van der Waals surface area contributed by atoms with Crippen molar-refractivity contribution in [2.24, 2.45) is 0 Å². The van der Waals surface area contributed by atoms with Crippen LogP contribution in [-0.2, 0) is 4.74 Å². The van der Waals surface area contributed by atoms with Crippen LogP contribution in [0.15, 0.2) is 12.1 Å². The number of hydrogen-bond donors (Lipinski definition) is 1. The van der Waals surface area contributed by atoms with E-state index in [2.05, 4.69) is 16.8 Å². The zero-order valence-corrected chi connectivity index (χ0v) is 12.3. The SMILES string of the molecule is CCOCCN(CC)c1ccc(N)c(OC(C)C)n1. The Morgan fingerprint density at radius 2 is 2.05 bits per heavy atom. The quantitative estimate of drug-likeness (QED) is 0.732. The standard InChI is InChI=1S/C14H25N3O2/c1-5-17(9-10-18-6-2)13-8-7-12(15)14(16-13)19-11(3)4/h7-8,11H,5-6,9-10,15H2,1-4H3. The van der Waals surface area contributed by atoms with Crippen molar-refractivity contribution in [1.82, 2.24) is 4.98 Å². The van der Waals surface area contributed by atoms with E-state index in [9.17, 15) is 0 Å². The highest BCUT2D eigenvalue weighted by atomic mass is 16.5. The molecule has 5 heteroatoms. The Kier molecular flexibility index (Phi) is 6.42. The highest BCUT2D eigenvalue weighted by Gasteiger charge is 2.10. The first-order chi connectivity index (χ1) is 9.08. The maximum Gasteiger partial charge on any atom is 0.239 e. The monoisotopic (exact) mass is 267 g/mol. The summed E-state index contributed by atoms with van der Waals surface area (Å²) in [6, 6.07) is 3.75. The van der Waals surface area contributed by atoms with Crippen LogP contribution in [0.25, 0.3) is 0 Å². The average molecular weight is 267 g/mol. The molecule has 0 spiro atoms. The molecule has 0 unspecified atom stereocenters. The summed E-state index contributed by atoms with van der Waals surface area (Å²) in [6.45, 7) is 11.1. The Morgan fingerprint density at radius 1 is 1.32 bits per heavy atom. The van der Waals surface area contributed by atoms with Gasteiger partial charge in [0.1, 0.15) is 5.82 Å². The summed E-state index contributed by atoms with van der Waals surface area (Å²) in [6.07, 6.45) is 0.0588. The maximum atomic E-state index is 5.87. The van der Waals surface area contributed by atoms with Crippen LogP contribution in [0.3, 0.4) is 0 Å². The van der Waals surface area contributed by atoms with E-state index in [1.807, 2.05) is 32.9 Å². The number of pyridine rings is 1. The van der Waals surface area contributed by atoms with E-state index in [4.69, 9.17) is 15.2 Å². The zero-order chi connectivity index (χ0) is 14.3. The van der Waals surface area contributed by atoms with Crippen molar-refractivity contribution < 1.29 is 9.47 Å². The summed E-state index contributed by atoms with van der Waals surface area (Å²) in [5.74, 6) is 1.37. The van der Waals surface area contributed by atoms with Gasteiger partial charge in [-0.3, -0.25) is 0 Å². The molecule has 2 N–H and O–H groups in total. The Morgan fingerprint density at radius 3 is 2.63 bits per heavy atom. The Bertz CT molecular complexity index is 383. The molecule has 0 saturated carbocycles. The molecule has 1 aromatic rings. The van der Waals surface area contributed by atoms with Gasteiger partial charge in [0.25, 0.3) is 0 Å². The fraction of sp³-hybridized carbons (Fsp3) is 0.643. The minimum absolute atomic E-state index is 0.0588. The van der Waals surface area contributed by atoms with E-state index in [0.717, 1.165) is 25.5 Å². The number of aromatic nitrogens is 1. The highest BCUT2D eigenvalue weighted by Crippen LogP contribution is 2.23. The van der Waals surface area contributed by atoms with Gasteiger partial charge in [-0.25, -0.2) is 0 Å². The first-order valence-electron chi connectivity index (χ1n) is 6.84. The number of nitrogens with two attached hydrogens (primary N) is 1. The van der Waals surface area contributed by atoms with Gasteiger partial charge < -0.3 is 20.1 Å². The molecule has 0 aliphatic carbocycles. The number of ether oxygens (including phenoxy) is 2. The smallest absolute Gasteiger partial charge is 0.239 e. The average Bonchev–Trinajstić information content (AvgIpc) is 2.37. The van der Waals surface area contributed by atoms with E-state index in [-0.39, 0.29) is 6.10 Å². The molecule has 1 rings (SSSR count). The molecule has 108 valence electrons. The molecule has 5 nitrogen and oxygen atoms in total. The molecule has 1 heterocycles. The summed E-state index contributed by atoms with van der Waals surface area (Å²) < 4.78 is 11.0. The predicted octanol–water partition coefficient (Wildman–Crippen LogP) is 2.31. The number of likely N-dealkylation sites (N-methyl/N-ethyl adjacent to an activating group) is 1. The number of nitrogens with zero attached hydrogens (tertiary/aromatic N) is 2. The molecule has 0 amide bonds. The lowest BCUT2D eigenvalue weighted by Gasteiger charge is -2.23. The molecule has 0 radical (unpaired) electrons. The van der Waals surface area contributed by atoms with Gasteiger partial charge in [-0.05, 0) is 39.8 Å². The van der Waals surface area contributed by atoms with E-state index in [1.165, 1.54) is 0 Å².